The van der Waals surface area contributed by atoms with Gasteiger partial charge in [-0.25, -0.2) is 4.79 Å². The summed E-state index contributed by atoms with van der Waals surface area (Å²) < 4.78 is 48.3. The van der Waals surface area contributed by atoms with Crippen molar-refractivity contribution in [3.63, 3.8) is 0 Å². The molecule has 2 heterocycles. The highest BCUT2D eigenvalue weighted by Gasteiger charge is 2.39. The molecular weight excluding hydrogens is 521 g/mol. The first-order valence-corrected chi connectivity index (χ1v) is 13.5. The number of hydrogen-bond donors (Lipinski definition) is 0. The van der Waals surface area contributed by atoms with Crippen molar-refractivity contribution in [3.8, 4) is 0 Å². The van der Waals surface area contributed by atoms with Gasteiger partial charge in [0.1, 0.15) is 5.60 Å². The third-order valence-corrected chi connectivity index (χ3v) is 6.83. The minimum Gasteiger partial charge on any atom is -0.443 e. The zero-order chi connectivity index (χ0) is 29.4. The number of benzene rings is 2. The summed E-state index contributed by atoms with van der Waals surface area (Å²) in [6, 6.07) is 8.52. The Balaban J connectivity index is 1.91. The van der Waals surface area contributed by atoms with E-state index in [1.54, 1.807) is 40.8 Å². The lowest BCUT2D eigenvalue weighted by atomic mass is 9.93. The Morgan fingerprint density at radius 3 is 2.33 bits per heavy atom. The summed E-state index contributed by atoms with van der Waals surface area (Å²) in [7, 11) is 1.67. The molecule has 4 rings (SSSR count). The van der Waals surface area contributed by atoms with Crippen molar-refractivity contribution >= 4 is 17.7 Å². The zero-order valence-corrected chi connectivity index (χ0v) is 24.1. The molecule has 1 aliphatic heterocycles. The molecule has 0 saturated carbocycles. The molecule has 1 aliphatic rings. The maximum Gasteiger partial charge on any atom is 0.416 e. The summed E-state index contributed by atoms with van der Waals surface area (Å²) in [4.78, 5) is 18.0. The number of rotatable bonds is 5. The molecular formula is C29H37F3N6O2. The van der Waals surface area contributed by atoms with E-state index in [1.165, 1.54) is 9.70 Å². The van der Waals surface area contributed by atoms with Gasteiger partial charge in [0.15, 0.2) is 0 Å². The molecule has 8 nitrogen and oxygen atoms in total. The van der Waals surface area contributed by atoms with Gasteiger partial charge in [-0.05, 0) is 81.9 Å². The van der Waals surface area contributed by atoms with E-state index in [0.717, 1.165) is 22.8 Å². The highest BCUT2D eigenvalue weighted by Crippen LogP contribution is 2.44. The number of alkyl halides is 3. The predicted octanol–water partition coefficient (Wildman–Crippen LogP) is 6.69. The average molecular weight is 559 g/mol. The molecule has 0 radical (unpaired) electrons. The van der Waals surface area contributed by atoms with E-state index >= 15 is 0 Å². The summed E-state index contributed by atoms with van der Waals surface area (Å²) >= 11 is 0. The third-order valence-electron chi connectivity index (χ3n) is 6.83. The molecule has 0 bridgehead atoms. The van der Waals surface area contributed by atoms with Gasteiger partial charge in [0.2, 0.25) is 0 Å². The van der Waals surface area contributed by atoms with E-state index in [0.29, 0.717) is 30.9 Å². The first-order chi connectivity index (χ1) is 18.7. The van der Waals surface area contributed by atoms with Gasteiger partial charge < -0.3 is 9.64 Å². The molecule has 216 valence electrons. The number of ether oxygens (including phenoxy) is 1. The van der Waals surface area contributed by atoms with E-state index in [4.69, 9.17) is 4.74 Å². The second-order valence-corrected chi connectivity index (χ2v) is 11.4. The van der Waals surface area contributed by atoms with Gasteiger partial charge in [-0.2, -0.15) is 18.0 Å². The molecule has 1 atom stereocenters. The molecule has 1 aromatic heterocycles. The van der Waals surface area contributed by atoms with Crippen LogP contribution in [-0.4, -0.2) is 38.4 Å². The molecule has 0 aliphatic carbocycles. The number of amides is 1. The van der Waals surface area contributed by atoms with Gasteiger partial charge in [-0.15, -0.1) is 5.10 Å². The lowest BCUT2D eigenvalue weighted by Crippen LogP contribution is -2.37. The molecule has 11 heteroatoms. The van der Waals surface area contributed by atoms with Crippen molar-refractivity contribution in [3.05, 3.63) is 63.7 Å². The number of aryl methyl sites for hydroxylation is 4. The van der Waals surface area contributed by atoms with Crippen molar-refractivity contribution in [2.75, 3.05) is 16.3 Å². The van der Waals surface area contributed by atoms with Crippen LogP contribution in [0.5, 0.6) is 0 Å². The number of tetrazole rings is 1. The van der Waals surface area contributed by atoms with Crippen molar-refractivity contribution in [2.45, 2.75) is 85.2 Å². The fourth-order valence-corrected chi connectivity index (χ4v) is 5.32. The van der Waals surface area contributed by atoms with Crippen molar-refractivity contribution in [2.24, 2.45) is 7.05 Å². The van der Waals surface area contributed by atoms with E-state index in [1.807, 2.05) is 18.7 Å². The Morgan fingerprint density at radius 1 is 1.10 bits per heavy atom. The summed E-state index contributed by atoms with van der Waals surface area (Å²) in [6.07, 6.45) is -3.98. The number of carbonyl (C=O) groups is 1. The maximum absolute atomic E-state index is 14.2. The molecule has 40 heavy (non-hydrogen) atoms. The van der Waals surface area contributed by atoms with Gasteiger partial charge in [-0.3, -0.25) is 4.90 Å². The highest BCUT2D eigenvalue weighted by molar-refractivity contribution is 5.90. The average Bonchev–Trinajstić information content (AvgIpc) is 3.17. The first kappa shape index (κ1) is 29.4. The summed E-state index contributed by atoms with van der Waals surface area (Å²) in [6.45, 7) is 11.6. The number of nitrogens with zero attached hydrogens (tertiary/aromatic N) is 6. The van der Waals surface area contributed by atoms with Crippen LogP contribution < -0.4 is 9.80 Å². The van der Waals surface area contributed by atoms with Gasteiger partial charge >= 0.3 is 12.3 Å². The van der Waals surface area contributed by atoms with Crippen LogP contribution in [0.4, 0.5) is 29.6 Å². The van der Waals surface area contributed by atoms with E-state index < -0.39 is 29.5 Å². The standard InChI is InChI=1S/C29H37F3N6O2/c1-8-21-15-22-24(38(26-33-35-36(7)34-26)17-20-13-18(2)12-19(3)14-20)10-9-11-37(27(39)40-28(4,5)6)25(22)16-23(21)29(30,31)32/h12-16,24H,8-11,17H2,1-7H3/t24-/m0/s1. The van der Waals surface area contributed by atoms with E-state index in [2.05, 4.69) is 33.6 Å². The van der Waals surface area contributed by atoms with Crippen LogP contribution in [0.15, 0.2) is 30.3 Å². The van der Waals surface area contributed by atoms with Gasteiger partial charge in [0.05, 0.1) is 24.3 Å². The number of hydrogen-bond acceptors (Lipinski definition) is 6. The second kappa shape index (κ2) is 11.1. The van der Waals surface area contributed by atoms with E-state index in [-0.39, 0.29) is 24.2 Å². The second-order valence-electron chi connectivity index (χ2n) is 11.4. The molecule has 0 N–H and O–H groups in total. The van der Waals surface area contributed by atoms with Crippen LogP contribution in [0.2, 0.25) is 0 Å². The lowest BCUT2D eigenvalue weighted by molar-refractivity contribution is -0.138. The molecule has 1 amide bonds. The first-order valence-electron chi connectivity index (χ1n) is 13.5. The smallest absolute Gasteiger partial charge is 0.416 e. The monoisotopic (exact) mass is 558 g/mol. The Hall–Kier alpha value is -3.63. The van der Waals surface area contributed by atoms with Crippen molar-refractivity contribution in [1.29, 1.82) is 0 Å². The normalized spacial score (nSPS) is 15.9. The highest BCUT2D eigenvalue weighted by atomic mass is 19.4. The van der Waals surface area contributed by atoms with Gasteiger partial charge in [-0.1, -0.05) is 47.4 Å². The molecule has 0 fully saturated rings. The predicted molar refractivity (Wildman–Crippen MR) is 147 cm³/mol. The van der Waals surface area contributed by atoms with Crippen LogP contribution >= 0.6 is 0 Å². The van der Waals surface area contributed by atoms with Crippen LogP contribution in [0.25, 0.3) is 0 Å². The number of halogens is 3. The SMILES string of the molecule is CCc1cc2c(cc1C(F)(F)F)N(C(=O)OC(C)(C)C)CCC[C@@H]2N(Cc1cc(C)cc(C)c1)c1nnn(C)n1. The zero-order valence-electron chi connectivity index (χ0n) is 24.1. The maximum atomic E-state index is 14.2. The Labute approximate surface area is 233 Å². The van der Waals surface area contributed by atoms with Crippen molar-refractivity contribution < 1.29 is 22.7 Å². The van der Waals surface area contributed by atoms with Crippen LogP contribution in [0, 0.1) is 13.8 Å². The fraction of sp³-hybridized carbons (Fsp3) is 0.517. The van der Waals surface area contributed by atoms with Crippen molar-refractivity contribution in [1.82, 2.24) is 20.2 Å². The Kier molecular flexibility index (Phi) is 8.14. The van der Waals surface area contributed by atoms with Crippen LogP contribution in [0.1, 0.15) is 80.0 Å². The van der Waals surface area contributed by atoms with Gasteiger partial charge in [0, 0.05) is 13.1 Å². The number of aromatic nitrogens is 4. The molecule has 3 aromatic rings. The van der Waals surface area contributed by atoms with Gasteiger partial charge in [0.25, 0.3) is 5.95 Å². The quantitative estimate of drug-likeness (QED) is 0.347. The summed E-state index contributed by atoms with van der Waals surface area (Å²) in [5.74, 6) is 0.362. The minimum atomic E-state index is -4.58. The summed E-state index contributed by atoms with van der Waals surface area (Å²) in [5, 5.41) is 12.8. The molecule has 0 unspecified atom stereocenters. The molecule has 0 spiro atoms. The Morgan fingerprint density at radius 2 is 1.77 bits per heavy atom. The number of anilines is 2. The fourth-order valence-electron chi connectivity index (χ4n) is 5.32. The van der Waals surface area contributed by atoms with Crippen LogP contribution in [0.3, 0.4) is 0 Å². The van der Waals surface area contributed by atoms with Crippen LogP contribution in [-0.2, 0) is 30.9 Å². The largest absolute Gasteiger partial charge is 0.443 e. The summed E-state index contributed by atoms with van der Waals surface area (Å²) in [5.41, 5.74) is 2.62. The number of fused-ring (bicyclic) bond motifs is 1. The Bertz CT molecular complexity index is 1360. The number of carbonyl (C=O) groups excluding carboxylic acids is 1. The molecule has 2 aromatic carbocycles. The molecule has 0 saturated heterocycles. The lowest BCUT2D eigenvalue weighted by Gasteiger charge is -2.33. The topological polar surface area (TPSA) is 76.4 Å². The minimum absolute atomic E-state index is 0.167. The third kappa shape index (κ3) is 6.56. The van der Waals surface area contributed by atoms with E-state index in [9.17, 15) is 18.0 Å².